The number of nitrogens with zero attached hydrogens (tertiary/aromatic N) is 1. The van der Waals surface area contributed by atoms with Crippen LogP contribution in [0.25, 0.3) is 0 Å². The molecular formula is C10H15IN2O2. The molecule has 4 nitrogen and oxygen atoms in total. The summed E-state index contributed by atoms with van der Waals surface area (Å²) in [6.45, 7) is 6.43. The fourth-order valence-electron chi connectivity index (χ4n) is 1.21. The molecule has 0 fully saturated rings. The van der Waals surface area contributed by atoms with Crippen LogP contribution >= 0.6 is 22.6 Å². The number of nitrogens with one attached hydrogen (secondary N) is 1. The largest absolute Gasteiger partial charge is 0.377 e. The lowest BCUT2D eigenvalue weighted by atomic mass is 9.92. The first-order chi connectivity index (χ1) is 6.86. The van der Waals surface area contributed by atoms with E-state index < -0.39 is 0 Å². The Morgan fingerprint density at radius 2 is 2.07 bits per heavy atom. The molecule has 84 valence electrons. The van der Waals surface area contributed by atoms with Gasteiger partial charge in [0, 0.05) is 12.5 Å². The average molecular weight is 322 g/mol. The van der Waals surface area contributed by atoms with Gasteiger partial charge in [-0.25, -0.2) is 4.98 Å². The summed E-state index contributed by atoms with van der Waals surface area (Å²) >= 11 is 2.03. The van der Waals surface area contributed by atoms with E-state index >= 15 is 0 Å². The highest BCUT2D eigenvalue weighted by atomic mass is 127. The van der Waals surface area contributed by atoms with Crippen molar-refractivity contribution < 1.29 is 4.74 Å². The van der Waals surface area contributed by atoms with E-state index in [-0.39, 0.29) is 11.0 Å². The van der Waals surface area contributed by atoms with Crippen molar-refractivity contribution in [1.29, 1.82) is 0 Å². The summed E-state index contributed by atoms with van der Waals surface area (Å²) in [6, 6.07) is 0. The molecule has 0 bridgehead atoms. The van der Waals surface area contributed by atoms with E-state index in [1.54, 1.807) is 7.11 Å². The number of rotatable bonds is 2. The molecule has 1 aromatic heterocycles. The fourth-order valence-corrected chi connectivity index (χ4v) is 2.27. The smallest absolute Gasteiger partial charge is 0.264 e. The molecule has 0 aliphatic carbocycles. The van der Waals surface area contributed by atoms with Gasteiger partial charge in [-0.3, -0.25) is 4.79 Å². The Labute approximate surface area is 103 Å². The minimum absolute atomic E-state index is 0.0948. The number of ether oxygens (including phenoxy) is 1. The summed E-state index contributed by atoms with van der Waals surface area (Å²) in [6.07, 6.45) is 0. The average Bonchev–Trinajstić information content (AvgIpc) is 2.09. The molecule has 1 aromatic rings. The normalized spacial score (nSPS) is 11.8. The third-order valence-electron chi connectivity index (χ3n) is 1.90. The van der Waals surface area contributed by atoms with Crippen molar-refractivity contribution in [2.24, 2.45) is 0 Å². The quantitative estimate of drug-likeness (QED) is 0.845. The van der Waals surface area contributed by atoms with Gasteiger partial charge in [0.2, 0.25) is 0 Å². The van der Waals surface area contributed by atoms with Crippen molar-refractivity contribution in [3.8, 4) is 0 Å². The van der Waals surface area contributed by atoms with E-state index in [0.29, 0.717) is 16.0 Å². The summed E-state index contributed by atoms with van der Waals surface area (Å²) in [7, 11) is 1.58. The van der Waals surface area contributed by atoms with Crippen molar-refractivity contribution in [3.05, 3.63) is 25.4 Å². The highest BCUT2D eigenvalue weighted by Crippen LogP contribution is 2.22. The van der Waals surface area contributed by atoms with Gasteiger partial charge in [-0.1, -0.05) is 20.8 Å². The van der Waals surface area contributed by atoms with Gasteiger partial charge in [0.05, 0.1) is 5.69 Å². The molecule has 0 saturated heterocycles. The molecule has 0 aromatic carbocycles. The van der Waals surface area contributed by atoms with Gasteiger partial charge in [0.1, 0.15) is 16.0 Å². The summed E-state index contributed by atoms with van der Waals surface area (Å²) in [4.78, 5) is 18.7. The second kappa shape index (κ2) is 4.61. The lowest BCUT2D eigenvalue weighted by Gasteiger charge is -2.19. The molecule has 0 amide bonds. The zero-order chi connectivity index (χ0) is 11.6. The van der Waals surface area contributed by atoms with Crippen molar-refractivity contribution in [2.45, 2.75) is 32.8 Å². The SMILES string of the molecule is COCc1nc(C(C)(C)C)c(I)c(=O)[nH]1. The molecule has 0 aliphatic heterocycles. The molecule has 0 saturated carbocycles. The van der Waals surface area contributed by atoms with E-state index in [2.05, 4.69) is 9.97 Å². The molecule has 0 radical (unpaired) electrons. The molecule has 0 atom stereocenters. The van der Waals surface area contributed by atoms with E-state index in [9.17, 15) is 4.79 Å². The van der Waals surface area contributed by atoms with Crippen molar-refractivity contribution >= 4 is 22.6 Å². The van der Waals surface area contributed by atoms with Gasteiger partial charge in [0.25, 0.3) is 5.56 Å². The minimum Gasteiger partial charge on any atom is -0.377 e. The highest BCUT2D eigenvalue weighted by molar-refractivity contribution is 14.1. The topological polar surface area (TPSA) is 55.0 Å². The first kappa shape index (κ1) is 12.6. The Morgan fingerprint density at radius 1 is 1.47 bits per heavy atom. The van der Waals surface area contributed by atoms with Crippen LogP contribution in [0.15, 0.2) is 4.79 Å². The van der Waals surface area contributed by atoms with Crippen LogP contribution in [0, 0.1) is 3.57 Å². The van der Waals surface area contributed by atoms with Crippen LogP contribution in [0.3, 0.4) is 0 Å². The van der Waals surface area contributed by atoms with Gasteiger partial charge in [-0.05, 0) is 22.6 Å². The Morgan fingerprint density at radius 3 is 2.53 bits per heavy atom. The van der Waals surface area contributed by atoms with Crippen LogP contribution in [0.2, 0.25) is 0 Å². The van der Waals surface area contributed by atoms with Crippen LogP contribution in [0.5, 0.6) is 0 Å². The maximum absolute atomic E-state index is 11.6. The zero-order valence-corrected chi connectivity index (χ0v) is 11.5. The fraction of sp³-hybridized carbons (Fsp3) is 0.600. The predicted molar refractivity (Wildman–Crippen MR) is 67.0 cm³/mol. The molecule has 1 heterocycles. The number of hydrogen-bond acceptors (Lipinski definition) is 3. The molecule has 1 rings (SSSR count). The van der Waals surface area contributed by atoms with Gasteiger partial charge >= 0.3 is 0 Å². The van der Waals surface area contributed by atoms with Crippen molar-refractivity contribution in [2.75, 3.05) is 7.11 Å². The molecule has 0 unspecified atom stereocenters. The number of halogens is 1. The summed E-state index contributed by atoms with van der Waals surface area (Å²) in [5.74, 6) is 0.577. The first-order valence-corrected chi connectivity index (χ1v) is 5.72. The molecular weight excluding hydrogens is 307 g/mol. The van der Waals surface area contributed by atoms with E-state index in [1.165, 1.54) is 0 Å². The zero-order valence-electron chi connectivity index (χ0n) is 9.35. The molecule has 0 spiro atoms. The third-order valence-corrected chi connectivity index (χ3v) is 2.90. The second-order valence-electron chi connectivity index (χ2n) is 4.36. The second-order valence-corrected chi connectivity index (χ2v) is 5.44. The standard InChI is InChI=1S/C10H15IN2O2/c1-10(2,3)8-7(11)9(14)13-6(12-8)5-15-4/h5H2,1-4H3,(H,12,13,14). The van der Waals surface area contributed by atoms with Crippen LogP contribution in [-0.4, -0.2) is 17.1 Å². The van der Waals surface area contributed by atoms with Crippen molar-refractivity contribution in [3.63, 3.8) is 0 Å². The lowest BCUT2D eigenvalue weighted by Crippen LogP contribution is -2.25. The maximum Gasteiger partial charge on any atom is 0.264 e. The van der Waals surface area contributed by atoms with Crippen LogP contribution < -0.4 is 5.56 Å². The third kappa shape index (κ3) is 3.01. The van der Waals surface area contributed by atoms with Crippen LogP contribution in [0.1, 0.15) is 32.3 Å². The van der Waals surface area contributed by atoms with Gasteiger partial charge in [0.15, 0.2) is 0 Å². The maximum atomic E-state index is 11.6. The van der Waals surface area contributed by atoms with Gasteiger partial charge in [-0.2, -0.15) is 0 Å². The van der Waals surface area contributed by atoms with Crippen molar-refractivity contribution in [1.82, 2.24) is 9.97 Å². The van der Waals surface area contributed by atoms with Crippen LogP contribution in [-0.2, 0) is 16.8 Å². The summed E-state index contributed by atoms with van der Waals surface area (Å²) in [5.41, 5.74) is 0.592. The van der Waals surface area contributed by atoms with Crippen LogP contribution in [0.4, 0.5) is 0 Å². The molecule has 0 aliphatic rings. The lowest BCUT2D eigenvalue weighted by molar-refractivity contribution is 0.177. The summed E-state index contributed by atoms with van der Waals surface area (Å²) < 4.78 is 5.61. The number of methoxy groups -OCH3 is 1. The minimum atomic E-state index is -0.132. The number of hydrogen-bond donors (Lipinski definition) is 1. The number of H-pyrrole nitrogens is 1. The Kier molecular flexibility index (Phi) is 3.88. The van der Waals surface area contributed by atoms with E-state index in [4.69, 9.17) is 4.74 Å². The van der Waals surface area contributed by atoms with Gasteiger partial charge in [-0.15, -0.1) is 0 Å². The van der Waals surface area contributed by atoms with E-state index in [0.717, 1.165) is 5.69 Å². The first-order valence-electron chi connectivity index (χ1n) is 4.64. The Hall–Kier alpha value is -0.430. The van der Waals surface area contributed by atoms with Gasteiger partial charge < -0.3 is 9.72 Å². The number of aromatic amines is 1. The predicted octanol–water partition coefficient (Wildman–Crippen LogP) is 1.82. The number of aromatic nitrogens is 2. The molecule has 5 heteroatoms. The Bertz CT molecular complexity index is 407. The monoisotopic (exact) mass is 322 g/mol. The molecule has 15 heavy (non-hydrogen) atoms. The van der Waals surface area contributed by atoms with E-state index in [1.807, 2.05) is 43.4 Å². The summed E-state index contributed by atoms with van der Waals surface area (Å²) in [5, 5.41) is 0. The Balaban J connectivity index is 3.32. The highest BCUT2D eigenvalue weighted by Gasteiger charge is 2.21. The molecule has 1 N–H and O–H groups in total.